The number of hydrogen-bond acceptors (Lipinski definition) is 4. The first-order valence-corrected chi connectivity index (χ1v) is 11.8. The largest absolute Gasteiger partial charge is 0.435 e. The molecule has 1 saturated heterocycles. The number of amides is 1. The van der Waals surface area contributed by atoms with Crippen LogP contribution in [0.25, 0.3) is 0 Å². The highest BCUT2D eigenvalue weighted by Gasteiger charge is 2.62. The molecule has 2 aliphatic rings. The summed E-state index contributed by atoms with van der Waals surface area (Å²) in [6.45, 7) is 1.72. The number of oxime groups is 1. The van der Waals surface area contributed by atoms with Crippen molar-refractivity contribution < 1.29 is 22.8 Å². The van der Waals surface area contributed by atoms with Crippen LogP contribution in [-0.4, -0.2) is 35.3 Å². The molecule has 1 unspecified atom stereocenters. The number of halogens is 6. The van der Waals surface area contributed by atoms with E-state index in [1.54, 1.807) is 36.9 Å². The molecular weight excluding hydrogens is 508 g/mol. The van der Waals surface area contributed by atoms with Crippen LogP contribution in [0.2, 0.25) is 15.1 Å². The maximum Gasteiger partial charge on any atom is 0.435 e. The van der Waals surface area contributed by atoms with Crippen molar-refractivity contribution in [3.63, 3.8) is 0 Å². The van der Waals surface area contributed by atoms with Gasteiger partial charge in [-0.3, -0.25) is 4.79 Å². The van der Waals surface area contributed by atoms with Crippen LogP contribution >= 0.6 is 46.6 Å². The molecule has 0 bridgehead atoms. The molecule has 1 fully saturated rings. The molecule has 0 spiro atoms. The Morgan fingerprint density at radius 1 is 1.19 bits per heavy atom. The Kier molecular flexibility index (Phi) is 6.35. The van der Waals surface area contributed by atoms with Gasteiger partial charge in [0.1, 0.15) is 0 Å². The minimum Gasteiger partial charge on any atom is -0.374 e. The smallest absolute Gasteiger partial charge is 0.374 e. The predicted octanol–water partition coefficient (Wildman–Crippen LogP) is 6.38. The second-order valence-electron chi connectivity index (χ2n) is 7.62. The molecule has 0 radical (unpaired) electrons. The highest BCUT2D eigenvalue weighted by atomic mass is 35.5. The average Bonchev–Trinajstić information content (AvgIpc) is 3.15. The molecule has 170 valence electrons. The van der Waals surface area contributed by atoms with E-state index in [2.05, 4.69) is 10.5 Å². The summed E-state index contributed by atoms with van der Waals surface area (Å²) in [7, 11) is 0. The van der Waals surface area contributed by atoms with E-state index >= 15 is 0 Å². The van der Waals surface area contributed by atoms with Gasteiger partial charge < -0.3 is 10.2 Å². The van der Waals surface area contributed by atoms with Crippen LogP contribution in [0.1, 0.15) is 33.5 Å². The second-order valence-corrected chi connectivity index (χ2v) is 9.89. The van der Waals surface area contributed by atoms with Gasteiger partial charge in [0.05, 0.1) is 20.8 Å². The van der Waals surface area contributed by atoms with Crippen LogP contribution in [0.5, 0.6) is 0 Å². The number of carbonyl (C=O) groups excluding carboxylic acids is 1. The molecule has 4 nitrogen and oxygen atoms in total. The number of thioether (sulfide) groups is 1. The number of hydrogen-bond donors (Lipinski definition) is 1. The Morgan fingerprint density at radius 3 is 2.38 bits per heavy atom. The van der Waals surface area contributed by atoms with E-state index < -0.39 is 18.2 Å². The molecule has 1 amide bonds. The van der Waals surface area contributed by atoms with Gasteiger partial charge in [-0.2, -0.15) is 24.9 Å². The lowest BCUT2D eigenvalue weighted by molar-refractivity contribution is -0.275. The molecule has 2 aromatic rings. The summed E-state index contributed by atoms with van der Waals surface area (Å²) < 4.78 is 42.6. The van der Waals surface area contributed by atoms with Gasteiger partial charge in [-0.25, -0.2) is 0 Å². The number of carbonyl (C=O) groups is 1. The number of benzene rings is 2. The maximum absolute atomic E-state index is 14.2. The Morgan fingerprint density at radius 2 is 1.84 bits per heavy atom. The van der Waals surface area contributed by atoms with Crippen molar-refractivity contribution in [3.8, 4) is 0 Å². The molecule has 0 aromatic heterocycles. The van der Waals surface area contributed by atoms with E-state index in [0.29, 0.717) is 16.7 Å². The minimum atomic E-state index is -4.81. The predicted molar refractivity (Wildman–Crippen MR) is 121 cm³/mol. The molecule has 1 N–H and O–H groups in total. The standard InChI is InChI=1S/C21H16Cl3F3N2O2S/c1-10-4-11(2-3-14(10)19(30)28-13-8-32-9-13)17-7-20(31-29-17,21(25,26)27)12-5-15(22)18(24)16(23)6-12/h2-6,13H,7-9H2,1H3,(H,28,30). The lowest BCUT2D eigenvalue weighted by atomic mass is 9.86. The van der Waals surface area contributed by atoms with Gasteiger partial charge in [0.25, 0.3) is 11.5 Å². The van der Waals surface area contributed by atoms with Crippen molar-refractivity contribution >= 4 is 58.2 Å². The monoisotopic (exact) mass is 522 g/mol. The van der Waals surface area contributed by atoms with Gasteiger partial charge in [0.2, 0.25) is 0 Å². The second kappa shape index (κ2) is 8.63. The average molecular weight is 524 g/mol. The normalized spacial score (nSPS) is 21.0. The third kappa shape index (κ3) is 4.18. The van der Waals surface area contributed by atoms with Gasteiger partial charge >= 0.3 is 6.18 Å². The van der Waals surface area contributed by atoms with Gasteiger partial charge in [0, 0.05) is 35.1 Å². The summed E-state index contributed by atoms with van der Waals surface area (Å²) in [5, 5.41) is 6.40. The molecule has 1 atom stereocenters. The molecule has 4 rings (SSSR count). The van der Waals surface area contributed by atoms with Crippen molar-refractivity contribution in [2.75, 3.05) is 11.5 Å². The SMILES string of the molecule is Cc1cc(C2=NOC(c3cc(Cl)c(Cl)c(Cl)c3)(C(F)(F)F)C2)ccc1C(=O)NC1CSC1. The Hall–Kier alpha value is -1.61. The zero-order valence-electron chi connectivity index (χ0n) is 16.5. The summed E-state index contributed by atoms with van der Waals surface area (Å²) in [4.78, 5) is 17.5. The highest BCUT2D eigenvalue weighted by Crippen LogP contribution is 2.50. The fraction of sp³-hybridized carbons (Fsp3) is 0.333. The lowest BCUT2D eigenvalue weighted by Gasteiger charge is -2.30. The van der Waals surface area contributed by atoms with Gasteiger partial charge in [-0.05, 0) is 42.3 Å². The maximum atomic E-state index is 14.2. The highest BCUT2D eigenvalue weighted by molar-refractivity contribution is 8.00. The third-order valence-corrected chi connectivity index (χ3v) is 7.89. The Balaban J connectivity index is 1.62. The van der Waals surface area contributed by atoms with E-state index in [0.717, 1.165) is 23.6 Å². The van der Waals surface area contributed by atoms with Crippen molar-refractivity contribution in [1.29, 1.82) is 0 Å². The Bertz CT molecular complexity index is 1100. The van der Waals surface area contributed by atoms with Crippen LogP contribution in [0, 0.1) is 6.92 Å². The van der Waals surface area contributed by atoms with E-state index in [9.17, 15) is 18.0 Å². The number of aryl methyl sites for hydroxylation is 1. The fourth-order valence-corrected chi connectivity index (χ4v) is 4.76. The summed E-state index contributed by atoms with van der Waals surface area (Å²) in [6.07, 6.45) is -5.40. The van der Waals surface area contributed by atoms with Crippen LogP contribution in [-0.2, 0) is 10.4 Å². The van der Waals surface area contributed by atoms with E-state index in [4.69, 9.17) is 39.6 Å². The third-order valence-electron chi connectivity index (χ3n) is 5.41. The number of nitrogens with zero attached hydrogens (tertiary/aromatic N) is 1. The zero-order valence-corrected chi connectivity index (χ0v) is 19.6. The first-order chi connectivity index (χ1) is 15.0. The fourth-order valence-electron chi connectivity index (χ4n) is 3.53. The summed E-state index contributed by atoms with van der Waals surface area (Å²) in [5.41, 5.74) is -1.45. The lowest BCUT2D eigenvalue weighted by Crippen LogP contribution is -2.44. The molecule has 11 heteroatoms. The van der Waals surface area contributed by atoms with Crippen molar-refractivity contribution in [2.24, 2.45) is 5.16 Å². The summed E-state index contributed by atoms with van der Waals surface area (Å²) in [6, 6.07) is 7.08. The molecule has 0 saturated carbocycles. The van der Waals surface area contributed by atoms with Crippen LogP contribution < -0.4 is 5.32 Å². The number of nitrogens with one attached hydrogen (secondary N) is 1. The van der Waals surface area contributed by atoms with E-state index in [-0.39, 0.29) is 38.3 Å². The van der Waals surface area contributed by atoms with Crippen LogP contribution in [0.15, 0.2) is 35.5 Å². The first-order valence-electron chi connectivity index (χ1n) is 9.48. The number of rotatable bonds is 4. The minimum absolute atomic E-state index is 0.0430. The molecule has 2 aliphatic heterocycles. The number of alkyl halides is 3. The van der Waals surface area contributed by atoms with Crippen molar-refractivity contribution in [2.45, 2.75) is 31.2 Å². The van der Waals surface area contributed by atoms with Crippen molar-refractivity contribution in [3.05, 3.63) is 67.7 Å². The molecular formula is C21H16Cl3F3N2O2S. The Labute approximate surface area is 201 Å². The van der Waals surface area contributed by atoms with Gasteiger partial charge in [0.15, 0.2) is 0 Å². The van der Waals surface area contributed by atoms with Crippen LogP contribution in [0.3, 0.4) is 0 Å². The van der Waals surface area contributed by atoms with Gasteiger partial charge in [-0.15, -0.1) is 0 Å². The van der Waals surface area contributed by atoms with Gasteiger partial charge in [-0.1, -0.05) is 46.0 Å². The summed E-state index contributed by atoms with van der Waals surface area (Å²) >= 11 is 19.6. The molecule has 2 heterocycles. The summed E-state index contributed by atoms with van der Waals surface area (Å²) in [5.74, 6) is 1.53. The van der Waals surface area contributed by atoms with Crippen molar-refractivity contribution in [1.82, 2.24) is 5.32 Å². The molecule has 32 heavy (non-hydrogen) atoms. The first kappa shape index (κ1) is 23.5. The van der Waals surface area contributed by atoms with E-state index in [1.807, 2.05) is 0 Å². The molecule has 2 aromatic carbocycles. The topological polar surface area (TPSA) is 50.7 Å². The zero-order chi connectivity index (χ0) is 23.3. The van der Waals surface area contributed by atoms with Crippen LogP contribution in [0.4, 0.5) is 13.2 Å². The molecule has 0 aliphatic carbocycles. The van der Waals surface area contributed by atoms with E-state index in [1.165, 1.54) is 0 Å². The quantitative estimate of drug-likeness (QED) is 0.473.